The van der Waals surface area contributed by atoms with Gasteiger partial charge in [-0.15, -0.1) is 0 Å². The number of pyridine rings is 1. The molecular weight excluding hydrogens is 557 g/mol. The lowest BCUT2D eigenvalue weighted by Gasteiger charge is -2.34. The predicted molar refractivity (Wildman–Crippen MR) is 115 cm³/mol. The van der Waals surface area contributed by atoms with Gasteiger partial charge in [-0.25, -0.2) is 13.2 Å². The predicted octanol–water partition coefficient (Wildman–Crippen LogP) is 6.56. The minimum absolute atomic E-state index is 0.00458. The molecule has 1 aliphatic carbocycles. The molecule has 1 fully saturated rings. The van der Waals surface area contributed by atoms with Crippen LogP contribution >= 0.6 is 11.6 Å². The lowest BCUT2D eigenvalue weighted by molar-refractivity contribution is -0.277. The zero-order valence-corrected chi connectivity index (χ0v) is 20.0. The molecule has 1 saturated carbocycles. The van der Waals surface area contributed by atoms with Crippen LogP contribution in [0.3, 0.4) is 0 Å². The van der Waals surface area contributed by atoms with E-state index in [4.69, 9.17) is 11.6 Å². The molecule has 5 nitrogen and oxygen atoms in total. The van der Waals surface area contributed by atoms with Crippen LogP contribution in [0.5, 0.6) is 0 Å². The quantitative estimate of drug-likeness (QED) is 0.412. The Morgan fingerprint density at radius 1 is 1.16 bits per heavy atom. The number of amides is 1. The number of aromatic nitrogens is 1. The van der Waals surface area contributed by atoms with Gasteiger partial charge in [0.15, 0.2) is 0 Å². The second kappa shape index (κ2) is 9.31. The molecule has 0 spiro atoms. The van der Waals surface area contributed by atoms with E-state index in [2.05, 4.69) is 20.3 Å². The van der Waals surface area contributed by atoms with Gasteiger partial charge in [0.05, 0.1) is 23.2 Å². The summed E-state index contributed by atoms with van der Waals surface area (Å²) < 4.78 is 123. The Hall–Kier alpha value is -3.03. The maximum absolute atomic E-state index is 14.8. The summed E-state index contributed by atoms with van der Waals surface area (Å²) in [4.78, 5) is 20.9. The Balaban J connectivity index is 1.59. The van der Waals surface area contributed by atoms with Crippen molar-refractivity contribution in [3.63, 3.8) is 0 Å². The van der Waals surface area contributed by atoms with Gasteiger partial charge in [0.2, 0.25) is 5.92 Å². The van der Waals surface area contributed by atoms with Crippen LogP contribution in [0.25, 0.3) is 0 Å². The smallest absolute Gasteiger partial charge is 0.374 e. The molecule has 1 amide bonds. The van der Waals surface area contributed by atoms with E-state index in [9.17, 15) is 44.3 Å². The Bertz CT molecular complexity index is 1300. The summed E-state index contributed by atoms with van der Waals surface area (Å²) in [5.41, 5.74) is -7.57. The van der Waals surface area contributed by atoms with E-state index in [1.165, 1.54) is 13.0 Å². The first-order valence-electron chi connectivity index (χ1n) is 10.9. The number of halogens is 10. The number of oxime groups is 1. The van der Waals surface area contributed by atoms with Gasteiger partial charge in [-0.3, -0.25) is 9.78 Å². The van der Waals surface area contributed by atoms with E-state index in [0.717, 1.165) is 6.20 Å². The minimum atomic E-state index is -5.43. The largest absolute Gasteiger partial charge is 0.435 e. The van der Waals surface area contributed by atoms with Crippen LogP contribution in [0.15, 0.2) is 29.6 Å². The number of carbonyl (C=O) groups is 1. The summed E-state index contributed by atoms with van der Waals surface area (Å²) in [6, 6.07) is 1.74. The van der Waals surface area contributed by atoms with Gasteiger partial charge in [0.25, 0.3) is 11.5 Å². The second-order valence-electron chi connectivity index (χ2n) is 9.17. The highest BCUT2D eigenvalue weighted by molar-refractivity contribution is 6.30. The number of alkyl halides is 8. The van der Waals surface area contributed by atoms with Crippen molar-refractivity contribution in [1.29, 1.82) is 0 Å². The average Bonchev–Trinajstić information content (AvgIpc) is 3.23. The van der Waals surface area contributed by atoms with Crippen molar-refractivity contribution in [1.82, 2.24) is 10.3 Å². The van der Waals surface area contributed by atoms with Crippen molar-refractivity contribution in [2.75, 3.05) is 6.54 Å². The maximum atomic E-state index is 14.8. The van der Waals surface area contributed by atoms with Crippen molar-refractivity contribution in [3.05, 3.63) is 63.2 Å². The molecule has 0 saturated heterocycles. The highest BCUT2D eigenvalue weighted by Crippen LogP contribution is 2.51. The Morgan fingerprint density at radius 3 is 2.37 bits per heavy atom. The highest BCUT2D eigenvalue weighted by Gasteiger charge is 2.64. The first-order valence-corrected chi connectivity index (χ1v) is 11.3. The summed E-state index contributed by atoms with van der Waals surface area (Å²) >= 11 is 5.60. The molecule has 0 unspecified atom stereocenters. The van der Waals surface area contributed by atoms with Gasteiger partial charge in [-0.05, 0) is 36.6 Å². The first-order chi connectivity index (χ1) is 17.4. The van der Waals surface area contributed by atoms with E-state index in [-0.39, 0.29) is 42.3 Å². The van der Waals surface area contributed by atoms with Gasteiger partial charge in [0, 0.05) is 36.2 Å². The van der Waals surface area contributed by atoms with E-state index in [1.54, 1.807) is 0 Å². The molecule has 4 rings (SSSR count). The summed E-state index contributed by atoms with van der Waals surface area (Å²) in [5, 5.41) is 5.03. The number of nitrogens with zero attached hydrogens (tertiary/aromatic N) is 2. The minimum Gasteiger partial charge on any atom is -0.374 e. The van der Waals surface area contributed by atoms with Gasteiger partial charge >= 0.3 is 12.4 Å². The van der Waals surface area contributed by atoms with Crippen LogP contribution in [0.2, 0.25) is 5.02 Å². The Morgan fingerprint density at radius 2 is 1.82 bits per heavy atom. The van der Waals surface area contributed by atoms with Crippen molar-refractivity contribution in [2.45, 2.75) is 50.1 Å². The Kier molecular flexibility index (Phi) is 6.86. The third-order valence-electron chi connectivity index (χ3n) is 6.34. The van der Waals surface area contributed by atoms with Gasteiger partial charge in [0.1, 0.15) is 11.5 Å². The van der Waals surface area contributed by atoms with Crippen LogP contribution in [0.4, 0.5) is 39.5 Å². The van der Waals surface area contributed by atoms with E-state index >= 15 is 0 Å². The lowest BCUT2D eigenvalue weighted by Crippen LogP contribution is -2.44. The topological polar surface area (TPSA) is 63.6 Å². The molecule has 1 aromatic carbocycles. The van der Waals surface area contributed by atoms with Gasteiger partial charge in [-0.2, -0.15) is 26.3 Å². The number of benzene rings is 1. The fraction of sp³-hybridized carbons (Fsp3) is 0.435. The molecule has 1 aromatic heterocycles. The van der Waals surface area contributed by atoms with Crippen molar-refractivity contribution in [3.8, 4) is 0 Å². The van der Waals surface area contributed by atoms with Crippen molar-refractivity contribution < 1.29 is 49.1 Å². The first kappa shape index (κ1) is 28.0. The number of hydrogen-bond acceptors (Lipinski definition) is 4. The summed E-state index contributed by atoms with van der Waals surface area (Å²) in [6.45, 7) is 1.42. The molecule has 206 valence electrons. The third kappa shape index (κ3) is 5.14. The fourth-order valence-electron chi connectivity index (χ4n) is 4.32. The number of nitrogens with one attached hydrogen (secondary N) is 1. The molecule has 2 aromatic rings. The molecular formula is C23H17ClF9N3O2. The van der Waals surface area contributed by atoms with Crippen LogP contribution < -0.4 is 5.32 Å². The molecule has 0 bridgehead atoms. The lowest BCUT2D eigenvalue weighted by atomic mass is 9.81. The SMILES string of the molecule is Cc1cc(C2=NO[C@@](c3cc(Cl)cc(C(F)(F)F)c3F)(C(F)(F)F)C2)ncc1C(=O)NCC1CC(F)(F)C1. The van der Waals surface area contributed by atoms with E-state index < -0.39 is 69.8 Å². The van der Waals surface area contributed by atoms with E-state index in [1.807, 2.05) is 0 Å². The van der Waals surface area contributed by atoms with Gasteiger partial charge < -0.3 is 10.2 Å². The molecule has 2 heterocycles. The second-order valence-corrected chi connectivity index (χ2v) is 9.60. The summed E-state index contributed by atoms with van der Waals surface area (Å²) in [5.74, 6) is -6.01. The molecule has 15 heteroatoms. The average molecular weight is 574 g/mol. The Labute approximate surface area is 214 Å². The molecule has 2 aliphatic rings. The molecule has 1 N–H and O–H groups in total. The van der Waals surface area contributed by atoms with Crippen molar-refractivity contribution in [2.24, 2.45) is 11.1 Å². The fourth-order valence-corrected chi connectivity index (χ4v) is 4.54. The van der Waals surface area contributed by atoms with E-state index in [0.29, 0.717) is 6.07 Å². The summed E-state index contributed by atoms with van der Waals surface area (Å²) in [6.07, 6.45) is -11.7. The number of hydrogen-bond donors (Lipinski definition) is 1. The monoisotopic (exact) mass is 573 g/mol. The van der Waals surface area contributed by atoms with Crippen molar-refractivity contribution >= 4 is 23.2 Å². The number of aryl methyl sites for hydroxylation is 1. The van der Waals surface area contributed by atoms with Gasteiger partial charge in [-0.1, -0.05) is 16.8 Å². The maximum Gasteiger partial charge on any atom is 0.435 e. The van der Waals surface area contributed by atoms with Crippen LogP contribution in [-0.4, -0.2) is 35.2 Å². The molecule has 1 aliphatic heterocycles. The zero-order chi connectivity index (χ0) is 28.3. The van der Waals surface area contributed by atoms with Crippen LogP contribution in [0.1, 0.15) is 52.0 Å². The highest BCUT2D eigenvalue weighted by atomic mass is 35.5. The molecule has 1 atom stereocenters. The molecule has 0 radical (unpaired) electrons. The zero-order valence-electron chi connectivity index (χ0n) is 19.2. The number of carbonyl (C=O) groups excluding carboxylic acids is 1. The van der Waals surface area contributed by atoms with Crippen LogP contribution in [0, 0.1) is 18.7 Å². The van der Waals surface area contributed by atoms with Crippen LogP contribution in [-0.2, 0) is 16.6 Å². The normalized spacial score (nSPS) is 21.5. The third-order valence-corrected chi connectivity index (χ3v) is 6.56. The number of rotatable bonds is 5. The standard InChI is InChI=1S/C23H17ClF9N3O2/c1-10-2-16(34-9-13(10)19(37)35-8-11-5-20(26,27)6-11)17-7-21(38-36-17,23(31,32)33)14-3-12(24)4-15(18(14)25)22(28,29)30/h2-4,9,11H,5-8H2,1H3,(H,35,37)/t21-/m0/s1. The molecule has 38 heavy (non-hydrogen) atoms. The summed E-state index contributed by atoms with van der Waals surface area (Å²) in [7, 11) is 0.